The molecular formula is C9H9ClO4S. The van der Waals surface area contributed by atoms with Crippen molar-refractivity contribution < 1.29 is 17.4 Å². The SMILES string of the molecule is C[C@H](OS(=O)(=O)c1ccccc1)C(=O)Cl. The van der Waals surface area contributed by atoms with E-state index in [1.807, 2.05) is 0 Å². The molecule has 0 fully saturated rings. The Morgan fingerprint density at radius 3 is 2.33 bits per heavy atom. The lowest BCUT2D eigenvalue weighted by Crippen LogP contribution is -2.20. The first-order valence-corrected chi connectivity index (χ1v) is 5.90. The molecule has 15 heavy (non-hydrogen) atoms. The monoisotopic (exact) mass is 248 g/mol. The Hall–Kier alpha value is -0.910. The van der Waals surface area contributed by atoms with Crippen LogP contribution in [0.25, 0.3) is 0 Å². The predicted molar refractivity (Wildman–Crippen MR) is 55.0 cm³/mol. The van der Waals surface area contributed by atoms with Gasteiger partial charge >= 0.3 is 0 Å². The van der Waals surface area contributed by atoms with Crippen molar-refractivity contribution in [3.8, 4) is 0 Å². The maximum atomic E-state index is 11.5. The average molecular weight is 249 g/mol. The molecular weight excluding hydrogens is 240 g/mol. The molecule has 0 saturated heterocycles. The summed E-state index contributed by atoms with van der Waals surface area (Å²) in [5, 5.41) is -0.852. The summed E-state index contributed by atoms with van der Waals surface area (Å²) >= 11 is 5.09. The van der Waals surface area contributed by atoms with Crippen molar-refractivity contribution in [2.45, 2.75) is 17.9 Å². The summed E-state index contributed by atoms with van der Waals surface area (Å²) in [6.07, 6.45) is -1.18. The van der Waals surface area contributed by atoms with Crippen molar-refractivity contribution in [2.24, 2.45) is 0 Å². The molecule has 82 valence electrons. The highest BCUT2D eigenvalue weighted by Gasteiger charge is 2.22. The summed E-state index contributed by atoms with van der Waals surface area (Å²) < 4.78 is 27.6. The molecule has 4 nitrogen and oxygen atoms in total. The minimum atomic E-state index is -3.91. The van der Waals surface area contributed by atoms with Crippen molar-refractivity contribution in [1.82, 2.24) is 0 Å². The summed E-state index contributed by atoms with van der Waals surface area (Å²) in [4.78, 5) is 10.6. The van der Waals surface area contributed by atoms with E-state index >= 15 is 0 Å². The second-order valence-corrected chi connectivity index (χ2v) is 4.75. The third-order valence-corrected chi connectivity index (χ3v) is 3.32. The molecule has 1 aromatic rings. The fourth-order valence-electron chi connectivity index (χ4n) is 0.871. The molecule has 1 rings (SSSR count). The first-order valence-electron chi connectivity index (χ1n) is 4.11. The van der Waals surface area contributed by atoms with Crippen molar-refractivity contribution >= 4 is 27.0 Å². The minimum Gasteiger partial charge on any atom is -0.278 e. The van der Waals surface area contributed by atoms with E-state index in [0.29, 0.717) is 0 Å². The van der Waals surface area contributed by atoms with E-state index in [1.54, 1.807) is 18.2 Å². The zero-order valence-corrected chi connectivity index (χ0v) is 9.46. The molecule has 1 atom stereocenters. The van der Waals surface area contributed by atoms with Gasteiger partial charge in [-0.15, -0.1) is 0 Å². The highest BCUT2D eigenvalue weighted by Crippen LogP contribution is 2.14. The maximum absolute atomic E-state index is 11.5. The van der Waals surface area contributed by atoms with Crippen LogP contribution >= 0.6 is 11.6 Å². The van der Waals surface area contributed by atoms with Gasteiger partial charge in [0.2, 0.25) is 0 Å². The Balaban J connectivity index is 2.91. The quantitative estimate of drug-likeness (QED) is 0.599. The van der Waals surface area contributed by atoms with E-state index in [0.717, 1.165) is 0 Å². The molecule has 1 aromatic carbocycles. The Morgan fingerprint density at radius 2 is 1.87 bits per heavy atom. The molecule has 0 spiro atoms. The largest absolute Gasteiger partial charge is 0.297 e. The summed E-state index contributed by atoms with van der Waals surface area (Å²) in [6, 6.07) is 7.55. The van der Waals surface area contributed by atoms with Gasteiger partial charge in [-0.2, -0.15) is 8.42 Å². The zero-order chi connectivity index (χ0) is 11.5. The Labute approximate surface area is 92.9 Å². The number of hydrogen-bond acceptors (Lipinski definition) is 4. The van der Waals surface area contributed by atoms with Gasteiger partial charge in [0.25, 0.3) is 15.4 Å². The summed E-state index contributed by atoms with van der Waals surface area (Å²) in [6.45, 7) is 1.27. The van der Waals surface area contributed by atoms with Crippen LogP contribution in [0.3, 0.4) is 0 Å². The van der Waals surface area contributed by atoms with Gasteiger partial charge in [-0.1, -0.05) is 18.2 Å². The zero-order valence-electron chi connectivity index (χ0n) is 7.88. The van der Waals surface area contributed by atoms with Crippen LogP contribution in [0.2, 0.25) is 0 Å². The fraction of sp³-hybridized carbons (Fsp3) is 0.222. The molecule has 6 heteroatoms. The van der Waals surface area contributed by atoms with Gasteiger partial charge in [0.15, 0.2) is 0 Å². The van der Waals surface area contributed by atoms with Gasteiger partial charge in [-0.25, -0.2) is 0 Å². The fourth-order valence-corrected chi connectivity index (χ4v) is 2.04. The summed E-state index contributed by atoms with van der Waals surface area (Å²) in [5.74, 6) is 0. The topological polar surface area (TPSA) is 60.4 Å². The molecule has 0 bridgehead atoms. The Morgan fingerprint density at radius 1 is 1.33 bits per heavy atom. The first-order chi connectivity index (χ1) is 6.93. The number of hydrogen-bond donors (Lipinski definition) is 0. The van der Waals surface area contributed by atoms with Crippen LogP contribution in [0.15, 0.2) is 35.2 Å². The molecule has 0 unspecified atom stereocenters. The van der Waals surface area contributed by atoms with Crippen LogP contribution in [0.1, 0.15) is 6.92 Å². The van der Waals surface area contributed by atoms with Gasteiger partial charge in [0, 0.05) is 0 Å². The standard InChI is InChI=1S/C9H9ClO4S/c1-7(9(10)11)14-15(12,13)8-5-3-2-4-6-8/h2-7H,1H3/t7-/m0/s1. The van der Waals surface area contributed by atoms with Crippen LogP contribution in [-0.4, -0.2) is 19.8 Å². The second kappa shape index (κ2) is 4.74. The molecule has 0 radical (unpaired) electrons. The van der Waals surface area contributed by atoms with E-state index in [2.05, 4.69) is 4.18 Å². The molecule has 0 heterocycles. The molecule has 0 saturated carbocycles. The third kappa shape index (κ3) is 3.30. The van der Waals surface area contributed by atoms with Crippen molar-refractivity contribution in [3.63, 3.8) is 0 Å². The van der Waals surface area contributed by atoms with E-state index in [1.165, 1.54) is 19.1 Å². The summed E-state index contributed by atoms with van der Waals surface area (Å²) in [5.41, 5.74) is 0. The van der Waals surface area contributed by atoms with Crippen LogP contribution in [-0.2, 0) is 19.1 Å². The van der Waals surface area contributed by atoms with E-state index in [9.17, 15) is 13.2 Å². The Kier molecular flexibility index (Phi) is 3.84. The molecule has 0 amide bonds. The highest BCUT2D eigenvalue weighted by molar-refractivity contribution is 7.86. The van der Waals surface area contributed by atoms with Crippen molar-refractivity contribution in [1.29, 1.82) is 0 Å². The molecule has 0 aliphatic rings. The molecule has 0 aliphatic carbocycles. The van der Waals surface area contributed by atoms with Crippen LogP contribution in [0.4, 0.5) is 0 Å². The molecule has 0 aromatic heterocycles. The number of carbonyl (C=O) groups is 1. The van der Waals surface area contributed by atoms with Gasteiger partial charge in [0.05, 0.1) is 4.90 Å². The lowest BCUT2D eigenvalue weighted by atomic mass is 10.4. The number of carbonyl (C=O) groups excluding carboxylic acids is 1. The van der Waals surface area contributed by atoms with Crippen LogP contribution < -0.4 is 0 Å². The first kappa shape index (κ1) is 12.2. The maximum Gasteiger partial charge on any atom is 0.297 e. The highest BCUT2D eigenvalue weighted by atomic mass is 35.5. The second-order valence-electron chi connectivity index (χ2n) is 2.81. The van der Waals surface area contributed by atoms with Crippen molar-refractivity contribution in [3.05, 3.63) is 30.3 Å². The number of halogens is 1. The average Bonchev–Trinajstić information content (AvgIpc) is 2.18. The van der Waals surface area contributed by atoms with Gasteiger partial charge in [-0.05, 0) is 30.7 Å². The third-order valence-electron chi connectivity index (χ3n) is 1.62. The van der Waals surface area contributed by atoms with Crippen LogP contribution in [0.5, 0.6) is 0 Å². The van der Waals surface area contributed by atoms with Gasteiger partial charge in [-0.3, -0.25) is 8.98 Å². The van der Waals surface area contributed by atoms with Crippen LogP contribution in [0, 0.1) is 0 Å². The lowest BCUT2D eigenvalue weighted by molar-refractivity contribution is -0.117. The van der Waals surface area contributed by atoms with Gasteiger partial charge < -0.3 is 0 Å². The van der Waals surface area contributed by atoms with E-state index < -0.39 is 21.5 Å². The Bertz CT molecular complexity index is 440. The van der Waals surface area contributed by atoms with Gasteiger partial charge in [0.1, 0.15) is 6.10 Å². The normalized spacial score (nSPS) is 13.5. The minimum absolute atomic E-state index is 0.00485. The summed E-state index contributed by atoms with van der Waals surface area (Å²) in [7, 11) is -3.91. The smallest absolute Gasteiger partial charge is 0.278 e. The lowest BCUT2D eigenvalue weighted by Gasteiger charge is -2.08. The number of rotatable bonds is 4. The van der Waals surface area contributed by atoms with E-state index in [4.69, 9.17) is 11.6 Å². The van der Waals surface area contributed by atoms with E-state index in [-0.39, 0.29) is 4.90 Å². The van der Waals surface area contributed by atoms with Crippen molar-refractivity contribution in [2.75, 3.05) is 0 Å². The number of benzene rings is 1. The molecule has 0 aliphatic heterocycles. The molecule has 0 N–H and O–H groups in total. The predicted octanol–water partition coefficient (Wildman–Crippen LogP) is 1.55.